The number of hydrogen-bond acceptors (Lipinski definition) is 6. The van der Waals surface area contributed by atoms with Gasteiger partial charge in [0, 0.05) is 69.7 Å². The Balaban J connectivity index is 1.22. The monoisotopic (exact) mass is 501 g/mol. The van der Waals surface area contributed by atoms with Gasteiger partial charge in [-0.05, 0) is 36.8 Å². The van der Waals surface area contributed by atoms with E-state index in [4.69, 9.17) is 16.6 Å². The zero-order valence-corrected chi connectivity index (χ0v) is 21.4. The van der Waals surface area contributed by atoms with Crippen molar-refractivity contribution in [1.82, 2.24) is 25.2 Å². The van der Waals surface area contributed by atoms with Crippen LogP contribution >= 0.6 is 11.6 Å². The highest BCUT2D eigenvalue weighted by Gasteiger charge is 2.26. The van der Waals surface area contributed by atoms with E-state index in [2.05, 4.69) is 91.5 Å². The lowest BCUT2D eigenvalue weighted by molar-refractivity contribution is 0.198. The number of nitrogens with zero attached hydrogens (tertiary/aromatic N) is 5. The van der Waals surface area contributed by atoms with E-state index in [1.165, 1.54) is 11.3 Å². The van der Waals surface area contributed by atoms with Gasteiger partial charge in [0.05, 0.1) is 16.9 Å². The minimum absolute atomic E-state index is 0.391. The zero-order chi connectivity index (χ0) is 24.5. The summed E-state index contributed by atoms with van der Waals surface area (Å²) in [4.78, 5) is 20.3. The summed E-state index contributed by atoms with van der Waals surface area (Å²) in [6.07, 6.45) is 1.74. The molecule has 4 heterocycles. The number of pyridine rings is 1. The van der Waals surface area contributed by atoms with E-state index in [0.717, 1.165) is 80.6 Å². The molecule has 0 amide bonds. The van der Waals surface area contributed by atoms with E-state index in [9.17, 15) is 0 Å². The van der Waals surface area contributed by atoms with Gasteiger partial charge in [-0.3, -0.25) is 4.90 Å². The van der Waals surface area contributed by atoms with E-state index in [0.29, 0.717) is 11.1 Å². The first-order chi connectivity index (χ1) is 17.7. The molecule has 2 aromatic carbocycles. The molecular weight excluding hydrogens is 470 g/mol. The number of aromatic nitrogens is 3. The van der Waals surface area contributed by atoms with Crippen molar-refractivity contribution in [1.29, 1.82) is 0 Å². The van der Waals surface area contributed by atoms with Gasteiger partial charge in [0.2, 0.25) is 0 Å². The Kier molecular flexibility index (Phi) is 6.52. The number of hydrogen-bond donors (Lipinski definition) is 2. The molecule has 0 radical (unpaired) electrons. The molecule has 7 nitrogen and oxygen atoms in total. The van der Waals surface area contributed by atoms with Crippen LogP contribution in [0.5, 0.6) is 0 Å². The second kappa shape index (κ2) is 10.1. The first-order valence-corrected chi connectivity index (χ1v) is 13.2. The van der Waals surface area contributed by atoms with Gasteiger partial charge in [-0.25, -0.2) is 9.97 Å². The number of piperazine rings is 2. The predicted molar refractivity (Wildman–Crippen MR) is 148 cm³/mol. The summed E-state index contributed by atoms with van der Waals surface area (Å²) in [5.41, 5.74) is 6.25. The summed E-state index contributed by atoms with van der Waals surface area (Å²) in [6.45, 7) is 10.2. The molecule has 36 heavy (non-hydrogen) atoms. The van der Waals surface area contributed by atoms with Crippen LogP contribution in [0.25, 0.3) is 22.6 Å². The van der Waals surface area contributed by atoms with Crippen LogP contribution in [0.2, 0.25) is 5.02 Å². The highest BCUT2D eigenvalue weighted by Crippen LogP contribution is 2.35. The molecule has 0 bridgehead atoms. The molecule has 4 aromatic rings. The van der Waals surface area contributed by atoms with Gasteiger partial charge in [0.25, 0.3) is 0 Å². The normalized spacial score (nSPS) is 18.1. The molecule has 8 heteroatoms. The summed E-state index contributed by atoms with van der Waals surface area (Å²) in [5, 5.41) is 4.06. The Morgan fingerprint density at radius 1 is 0.861 bits per heavy atom. The maximum atomic E-state index is 6.71. The molecular formula is C28H32ClN7. The molecule has 186 valence electrons. The standard InChI is InChI=1S/C28H32ClN7/c1-20(21-5-3-2-4-6-21)34-15-17-36(18-16-34)26-24(29)19-31-28-25(26)32-27(33-28)22-7-9-23(10-8-22)35-13-11-30-12-14-35/h2-10,19-20,30H,11-18H2,1H3,(H,31,32,33). The number of benzene rings is 2. The summed E-state index contributed by atoms with van der Waals surface area (Å²) in [7, 11) is 0. The number of H-pyrrole nitrogens is 1. The van der Waals surface area contributed by atoms with E-state index < -0.39 is 0 Å². The topological polar surface area (TPSA) is 63.3 Å². The van der Waals surface area contributed by atoms with Crippen LogP contribution in [0.1, 0.15) is 18.5 Å². The number of nitrogens with one attached hydrogen (secondary N) is 2. The van der Waals surface area contributed by atoms with Crippen LogP contribution in [0.15, 0.2) is 60.8 Å². The number of anilines is 2. The molecule has 0 spiro atoms. The average Bonchev–Trinajstić information content (AvgIpc) is 3.38. The minimum atomic E-state index is 0.391. The van der Waals surface area contributed by atoms with Crippen LogP contribution in [-0.2, 0) is 0 Å². The molecule has 2 aromatic heterocycles. The molecule has 1 atom stereocenters. The highest BCUT2D eigenvalue weighted by atomic mass is 35.5. The number of halogens is 1. The summed E-state index contributed by atoms with van der Waals surface area (Å²) in [5.74, 6) is 0.823. The first-order valence-electron chi connectivity index (χ1n) is 12.8. The van der Waals surface area contributed by atoms with Crippen molar-refractivity contribution in [2.75, 3.05) is 62.2 Å². The molecule has 6 rings (SSSR count). The number of fused-ring (bicyclic) bond motifs is 1. The van der Waals surface area contributed by atoms with Gasteiger partial charge in [-0.1, -0.05) is 41.9 Å². The fourth-order valence-electron chi connectivity index (χ4n) is 5.38. The first kappa shape index (κ1) is 23.3. The maximum Gasteiger partial charge on any atom is 0.159 e. The molecule has 2 fully saturated rings. The largest absolute Gasteiger partial charge is 0.369 e. The van der Waals surface area contributed by atoms with Gasteiger partial charge in [-0.2, -0.15) is 0 Å². The molecule has 2 saturated heterocycles. The van der Waals surface area contributed by atoms with Crippen molar-refractivity contribution in [3.8, 4) is 11.4 Å². The smallest absolute Gasteiger partial charge is 0.159 e. The molecule has 2 N–H and O–H groups in total. The molecule has 0 saturated carbocycles. The van der Waals surface area contributed by atoms with Crippen molar-refractivity contribution in [2.24, 2.45) is 0 Å². The van der Waals surface area contributed by atoms with Crippen LogP contribution in [0.3, 0.4) is 0 Å². The van der Waals surface area contributed by atoms with E-state index in [-0.39, 0.29) is 0 Å². The van der Waals surface area contributed by atoms with Crippen LogP contribution in [0, 0.1) is 0 Å². The average molecular weight is 502 g/mol. The Morgan fingerprint density at radius 2 is 1.58 bits per heavy atom. The molecule has 2 aliphatic heterocycles. The van der Waals surface area contributed by atoms with Gasteiger partial charge >= 0.3 is 0 Å². The Bertz CT molecular complexity index is 1310. The quantitative estimate of drug-likeness (QED) is 0.417. The Hall–Kier alpha value is -3.13. The molecule has 0 aliphatic carbocycles. The third-order valence-electron chi connectivity index (χ3n) is 7.53. The van der Waals surface area contributed by atoms with Crippen molar-refractivity contribution in [3.05, 3.63) is 71.4 Å². The van der Waals surface area contributed by atoms with Gasteiger partial charge in [0.15, 0.2) is 5.65 Å². The minimum Gasteiger partial charge on any atom is -0.369 e. The number of rotatable bonds is 5. The highest BCUT2D eigenvalue weighted by molar-refractivity contribution is 6.34. The van der Waals surface area contributed by atoms with Crippen LogP contribution < -0.4 is 15.1 Å². The van der Waals surface area contributed by atoms with Crippen molar-refractivity contribution < 1.29 is 0 Å². The van der Waals surface area contributed by atoms with Crippen molar-refractivity contribution in [3.63, 3.8) is 0 Å². The number of aromatic amines is 1. The SMILES string of the molecule is CC(c1ccccc1)N1CCN(c2c(Cl)cnc3[nH]c(-c4ccc(N5CCNCC5)cc4)nc23)CC1. The lowest BCUT2D eigenvalue weighted by atomic mass is 10.1. The Morgan fingerprint density at radius 3 is 2.31 bits per heavy atom. The molecule has 1 unspecified atom stereocenters. The third kappa shape index (κ3) is 4.54. The van der Waals surface area contributed by atoms with E-state index in [1.54, 1.807) is 6.20 Å². The van der Waals surface area contributed by atoms with Gasteiger partial charge in [0.1, 0.15) is 11.3 Å². The predicted octanol–water partition coefficient (Wildman–Crippen LogP) is 4.57. The maximum absolute atomic E-state index is 6.71. The van der Waals surface area contributed by atoms with Crippen LogP contribution in [-0.4, -0.2) is 72.2 Å². The lowest BCUT2D eigenvalue weighted by Crippen LogP contribution is -2.47. The molecule has 2 aliphatic rings. The van der Waals surface area contributed by atoms with Crippen molar-refractivity contribution >= 4 is 34.1 Å². The fraction of sp³-hybridized carbons (Fsp3) is 0.357. The van der Waals surface area contributed by atoms with Crippen LogP contribution in [0.4, 0.5) is 11.4 Å². The van der Waals surface area contributed by atoms with Gasteiger partial charge < -0.3 is 20.1 Å². The zero-order valence-electron chi connectivity index (χ0n) is 20.6. The van der Waals surface area contributed by atoms with E-state index >= 15 is 0 Å². The summed E-state index contributed by atoms with van der Waals surface area (Å²) >= 11 is 6.71. The summed E-state index contributed by atoms with van der Waals surface area (Å²) < 4.78 is 0. The summed E-state index contributed by atoms with van der Waals surface area (Å²) in [6, 6.07) is 19.8. The Labute approximate surface area is 217 Å². The fourth-order valence-corrected chi connectivity index (χ4v) is 5.64. The third-order valence-corrected chi connectivity index (χ3v) is 7.80. The lowest BCUT2D eigenvalue weighted by Gasteiger charge is -2.39. The van der Waals surface area contributed by atoms with Crippen molar-refractivity contribution in [2.45, 2.75) is 13.0 Å². The second-order valence-corrected chi connectivity index (χ2v) is 10.0. The number of imidazole rings is 1. The van der Waals surface area contributed by atoms with E-state index in [1.807, 2.05) is 0 Å². The van der Waals surface area contributed by atoms with Gasteiger partial charge in [-0.15, -0.1) is 0 Å². The second-order valence-electron chi connectivity index (χ2n) is 9.63.